The van der Waals surface area contributed by atoms with Gasteiger partial charge < -0.3 is 5.11 Å². The zero-order chi connectivity index (χ0) is 10.2. The maximum Gasteiger partial charge on any atom is 0.0857 e. The Labute approximate surface area is 85.9 Å². The first-order valence-corrected chi connectivity index (χ1v) is 5.73. The van der Waals surface area contributed by atoms with Crippen molar-refractivity contribution < 1.29 is 5.11 Å². The summed E-state index contributed by atoms with van der Waals surface area (Å²) in [6.07, 6.45) is 7.52. The minimum absolute atomic E-state index is 0.414. The lowest BCUT2D eigenvalue weighted by Gasteiger charge is -2.48. The highest BCUT2D eigenvalue weighted by Gasteiger charge is 2.52. The molecule has 1 N–H and O–H groups in total. The summed E-state index contributed by atoms with van der Waals surface area (Å²) in [6, 6.07) is 2.36. The standard InChI is InChI=1S/C12H19NO/c1-11(14,8-10-4-2-5-10)12(9-13)6-3-7-12/h10,14H,2-8H2,1H3. The van der Waals surface area contributed by atoms with Crippen LogP contribution in [0.1, 0.15) is 51.9 Å². The van der Waals surface area contributed by atoms with E-state index in [9.17, 15) is 5.11 Å². The zero-order valence-electron chi connectivity index (χ0n) is 8.92. The van der Waals surface area contributed by atoms with E-state index in [-0.39, 0.29) is 0 Å². The van der Waals surface area contributed by atoms with Crippen LogP contribution in [0.15, 0.2) is 0 Å². The van der Waals surface area contributed by atoms with Crippen molar-refractivity contribution in [3.05, 3.63) is 0 Å². The van der Waals surface area contributed by atoms with E-state index in [2.05, 4.69) is 6.07 Å². The van der Waals surface area contributed by atoms with Gasteiger partial charge in [0.15, 0.2) is 0 Å². The number of hydrogen-bond donors (Lipinski definition) is 1. The van der Waals surface area contributed by atoms with Crippen molar-refractivity contribution >= 4 is 0 Å². The zero-order valence-corrected chi connectivity index (χ0v) is 8.92. The van der Waals surface area contributed by atoms with Crippen LogP contribution in [-0.2, 0) is 0 Å². The van der Waals surface area contributed by atoms with Crippen molar-refractivity contribution in [3.8, 4) is 6.07 Å². The van der Waals surface area contributed by atoms with Gasteiger partial charge in [-0.3, -0.25) is 0 Å². The third kappa shape index (κ3) is 1.35. The van der Waals surface area contributed by atoms with Gasteiger partial charge in [-0.1, -0.05) is 25.7 Å². The molecule has 1 atom stereocenters. The van der Waals surface area contributed by atoms with Gasteiger partial charge in [-0.2, -0.15) is 5.26 Å². The molecule has 0 bridgehead atoms. The van der Waals surface area contributed by atoms with E-state index in [0.29, 0.717) is 5.92 Å². The molecule has 0 spiro atoms. The molecule has 2 nitrogen and oxygen atoms in total. The lowest BCUT2D eigenvalue weighted by molar-refractivity contribution is -0.100. The van der Waals surface area contributed by atoms with Crippen LogP contribution in [0.3, 0.4) is 0 Å². The van der Waals surface area contributed by atoms with E-state index >= 15 is 0 Å². The molecule has 2 saturated carbocycles. The van der Waals surface area contributed by atoms with Crippen molar-refractivity contribution in [2.45, 2.75) is 57.5 Å². The van der Waals surface area contributed by atoms with Crippen LogP contribution in [0.25, 0.3) is 0 Å². The maximum atomic E-state index is 10.4. The highest BCUT2D eigenvalue weighted by molar-refractivity contribution is 5.14. The molecule has 2 aliphatic carbocycles. The lowest BCUT2D eigenvalue weighted by atomic mass is 9.57. The van der Waals surface area contributed by atoms with Crippen LogP contribution in [0.5, 0.6) is 0 Å². The number of rotatable bonds is 3. The van der Waals surface area contributed by atoms with E-state index in [1.807, 2.05) is 6.92 Å². The van der Waals surface area contributed by atoms with Gasteiger partial charge >= 0.3 is 0 Å². The number of hydrogen-bond acceptors (Lipinski definition) is 2. The summed E-state index contributed by atoms with van der Waals surface area (Å²) in [5, 5.41) is 19.6. The summed E-state index contributed by atoms with van der Waals surface area (Å²) >= 11 is 0. The summed E-state index contributed by atoms with van der Waals surface area (Å²) in [6.45, 7) is 1.87. The fourth-order valence-electron chi connectivity index (χ4n) is 2.76. The Hall–Kier alpha value is -0.550. The molecule has 2 rings (SSSR count). The number of nitriles is 1. The molecule has 0 aliphatic heterocycles. The van der Waals surface area contributed by atoms with Gasteiger partial charge in [-0.15, -0.1) is 0 Å². The molecule has 0 aromatic rings. The van der Waals surface area contributed by atoms with Crippen LogP contribution in [0.2, 0.25) is 0 Å². The predicted octanol–water partition coefficient (Wildman–Crippen LogP) is 2.62. The first kappa shape index (κ1) is 9.98. The third-order valence-corrected chi connectivity index (χ3v) is 4.36. The van der Waals surface area contributed by atoms with Crippen molar-refractivity contribution in [1.29, 1.82) is 5.26 Å². The number of nitrogens with zero attached hydrogens (tertiary/aromatic N) is 1. The predicted molar refractivity (Wildman–Crippen MR) is 54.5 cm³/mol. The Morgan fingerprint density at radius 2 is 2.07 bits per heavy atom. The molecule has 2 fully saturated rings. The molecule has 78 valence electrons. The molecule has 0 radical (unpaired) electrons. The Bertz CT molecular complexity index is 256. The molecule has 2 heteroatoms. The second kappa shape index (κ2) is 3.24. The van der Waals surface area contributed by atoms with Gasteiger partial charge in [0.25, 0.3) is 0 Å². The third-order valence-electron chi connectivity index (χ3n) is 4.36. The molecule has 0 saturated heterocycles. The lowest BCUT2D eigenvalue weighted by Crippen LogP contribution is -2.51. The van der Waals surface area contributed by atoms with Gasteiger partial charge in [-0.05, 0) is 32.1 Å². The summed E-state index contributed by atoms with van der Waals surface area (Å²) in [7, 11) is 0. The highest BCUT2D eigenvalue weighted by atomic mass is 16.3. The van der Waals surface area contributed by atoms with Crippen LogP contribution in [-0.4, -0.2) is 10.7 Å². The summed E-state index contributed by atoms with van der Waals surface area (Å²) < 4.78 is 0. The monoisotopic (exact) mass is 193 g/mol. The first-order valence-electron chi connectivity index (χ1n) is 5.73. The second-order valence-corrected chi connectivity index (χ2v) is 5.32. The topological polar surface area (TPSA) is 44.0 Å². The molecular formula is C12H19NO. The Morgan fingerprint density at radius 3 is 2.36 bits per heavy atom. The minimum atomic E-state index is -0.745. The molecule has 0 aromatic carbocycles. The second-order valence-electron chi connectivity index (χ2n) is 5.32. The summed E-state index contributed by atoms with van der Waals surface area (Å²) in [5.41, 5.74) is -1.16. The largest absolute Gasteiger partial charge is 0.389 e. The van der Waals surface area contributed by atoms with Crippen LogP contribution >= 0.6 is 0 Å². The summed E-state index contributed by atoms with van der Waals surface area (Å²) in [4.78, 5) is 0. The molecular weight excluding hydrogens is 174 g/mol. The van der Waals surface area contributed by atoms with Gasteiger partial charge in [0, 0.05) is 0 Å². The minimum Gasteiger partial charge on any atom is -0.389 e. The first-order chi connectivity index (χ1) is 6.60. The smallest absolute Gasteiger partial charge is 0.0857 e. The van der Waals surface area contributed by atoms with Gasteiger partial charge in [0.05, 0.1) is 17.1 Å². The molecule has 0 aromatic heterocycles. The van der Waals surface area contributed by atoms with Gasteiger partial charge in [-0.25, -0.2) is 0 Å². The molecule has 0 amide bonds. The van der Waals surface area contributed by atoms with Crippen LogP contribution in [0, 0.1) is 22.7 Å². The Morgan fingerprint density at radius 1 is 1.43 bits per heavy atom. The van der Waals surface area contributed by atoms with E-state index in [1.165, 1.54) is 19.3 Å². The fourth-order valence-corrected chi connectivity index (χ4v) is 2.76. The van der Waals surface area contributed by atoms with E-state index in [4.69, 9.17) is 5.26 Å². The normalized spacial score (nSPS) is 29.5. The molecule has 1 unspecified atom stereocenters. The average molecular weight is 193 g/mol. The van der Waals surface area contributed by atoms with Crippen LogP contribution < -0.4 is 0 Å². The van der Waals surface area contributed by atoms with Crippen LogP contribution in [0.4, 0.5) is 0 Å². The van der Waals surface area contributed by atoms with Gasteiger partial charge in [0.2, 0.25) is 0 Å². The fraction of sp³-hybridized carbons (Fsp3) is 0.917. The maximum absolute atomic E-state index is 10.4. The van der Waals surface area contributed by atoms with Crippen molar-refractivity contribution in [3.63, 3.8) is 0 Å². The highest BCUT2D eigenvalue weighted by Crippen LogP contribution is 2.52. The molecule has 0 heterocycles. The Balaban J connectivity index is 2.02. The van der Waals surface area contributed by atoms with Crippen molar-refractivity contribution in [1.82, 2.24) is 0 Å². The van der Waals surface area contributed by atoms with Gasteiger partial charge in [0.1, 0.15) is 0 Å². The Kier molecular flexibility index (Phi) is 2.31. The van der Waals surface area contributed by atoms with Crippen molar-refractivity contribution in [2.24, 2.45) is 11.3 Å². The van der Waals surface area contributed by atoms with E-state index < -0.39 is 11.0 Å². The quantitative estimate of drug-likeness (QED) is 0.748. The average Bonchev–Trinajstić information content (AvgIpc) is 1.95. The van der Waals surface area contributed by atoms with E-state index in [1.54, 1.807) is 0 Å². The summed E-state index contributed by atoms with van der Waals surface area (Å²) in [5.74, 6) is 0.677. The SMILES string of the molecule is CC(O)(CC1CCC1)C1(C#N)CCC1. The van der Waals surface area contributed by atoms with E-state index in [0.717, 1.165) is 25.7 Å². The van der Waals surface area contributed by atoms with Crippen molar-refractivity contribution in [2.75, 3.05) is 0 Å². The number of aliphatic hydroxyl groups is 1. The molecule has 2 aliphatic rings. The molecule has 14 heavy (non-hydrogen) atoms.